The van der Waals surface area contributed by atoms with Gasteiger partial charge in [-0.1, -0.05) is 208 Å². The van der Waals surface area contributed by atoms with Gasteiger partial charge in [0.1, 0.15) is 17.2 Å². The first-order chi connectivity index (χ1) is 32.7. The van der Waals surface area contributed by atoms with Crippen LogP contribution in [0.15, 0.2) is 176 Å². The number of ether oxygens (including phenoxy) is 2. The van der Waals surface area contributed by atoms with Gasteiger partial charge >= 0.3 is 0 Å². The summed E-state index contributed by atoms with van der Waals surface area (Å²) < 4.78 is 16.9. The molecule has 6 nitrogen and oxygen atoms in total. The van der Waals surface area contributed by atoms with Gasteiger partial charge in [-0.25, -0.2) is 9.36 Å². The SMILES string of the molecule is Br/C=C/c1ccccc1.C=C(c1ccccc1)c1ccc2c(/C=C/c3ccccc3)nn(COCC[Si](C)(C)C)c2c1.C=C(c1ccccc1)c1ccc2c(I)nn(COCC[Si](C)(C)C)c2c1. The number of fused-ring (bicyclic) bond motifs is 2. The Bertz CT molecular complexity index is 2920. The van der Waals surface area contributed by atoms with Gasteiger partial charge in [0, 0.05) is 40.1 Å². The van der Waals surface area contributed by atoms with Gasteiger partial charge in [0.25, 0.3) is 0 Å². The van der Waals surface area contributed by atoms with Gasteiger partial charge in [-0.15, -0.1) is 0 Å². The molecule has 0 aliphatic rings. The predicted molar refractivity (Wildman–Crippen MR) is 309 cm³/mol. The molecule has 8 aromatic rings. The summed E-state index contributed by atoms with van der Waals surface area (Å²) in [5.41, 5.74) is 12.0. The standard InChI is InChI=1S/C29H32N2OSi.C21H25IN2OSi.C8H7Br/c1-23(25-13-9-6-10-14-25)26-16-17-27-28(18-15-24-11-7-5-8-12-24)30-31(29(27)21-26)22-32-19-20-33(2,3)4;1-16(17-8-6-5-7-9-17)18-10-11-19-20(14-18)24(23-21(19)22)15-25-12-13-26(2,3)4;9-7-6-8-4-2-1-3-5-8/h5-18,21H,1,19-20,22H2,2-4H3;5-11,14H,1,12-13,15H2,2-4H3;1-7H/b18-15+;;7-6+. The van der Waals surface area contributed by atoms with Crippen LogP contribution >= 0.6 is 38.5 Å². The Balaban J connectivity index is 0.000000193. The van der Waals surface area contributed by atoms with E-state index in [-0.39, 0.29) is 0 Å². The van der Waals surface area contributed by atoms with Gasteiger partial charge in [0.2, 0.25) is 0 Å². The van der Waals surface area contributed by atoms with Crippen LogP contribution in [-0.2, 0) is 22.9 Å². The molecule has 0 bridgehead atoms. The Morgan fingerprint density at radius 1 is 0.529 bits per heavy atom. The summed E-state index contributed by atoms with van der Waals surface area (Å²) in [5.74, 6) is 0. The fraction of sp³-hybridized carbons (Fsp3) is 0.207. The van der Waals surface area contributed by atoms with Crippen LogP contribution in [0.25, 0.3) is 51.2 Å². The number of nitrogens with zero attached hydrogens (tertiary/aromatic N) is 4. The maximum atomic E-state index is 6.05. The van der Waals surface area contributed by atoms with Crippen molar-refractivity contribution in [2.75, 3.05) is 13.2 Å². The van der Waals surface area contributed by atoms with Gasteiger partial charge < -0.3 is 9.47 Å². The molecule has 0 N–H and O–H groups in total. The fourth-order valence-corrected chi connectivity index (χ4v) is 9.61. The molecule has 0 saturated heterocycles. The second-order valence-corrected chi connectivity index (χ2v) is 31.8. The van der Waals surface area contributed by atoms with Gasteiger partial charge in [-0.3, -0.25) is 0 Å². The number of rotatable bonds is 17. The zero-order valence-electron chi connectivity index (χ0n) is 40.3. The highest BCUT2D eigenvalue weighted by molar-refractivity contribution is 14.1. The number of hydrogen-bond donors (Lipinski definition) is 0. The first-order valence-corrected chi connectivity index (χ1v) is 32.5. The molecule has 0 saturated carbocycles. The van der Waals surface area contributed by atoms with Crippen molar-refractivity contribution in [1.29, 1.82) is 0 Å². The van der Waals surface area contributed by atoms with Crippen LogP contribution in [0.4, 0.5) is 0 Å². The Labute approximate surface area is 428 Å². The molecule has 6 aromatic carbocycles. The molecule has 0 spiro atoms. The summed E-state index contributed by atoms with van der Waals surface area (Å²) in [6.45, 7) is 25.3. The average molecular weight is 1110 g/mol. The highest BCUT2D eigenvalue weighted by Gasteiger charge is 2.16. The van der Waals surface area contributed by atoms with Gasteiger partial charge in [0.05, 0.1) is 16.7 Å². The molecule has 0 atom stereocenters. The van der Waals surface area contributed by atoms with Crippen LogP contribution in [0, 0.1) is 3.70 Å². The molecule has 68 heavy (non-hydrogen) atoms. The van der Waals surface area contributed by atoms with Crippen LogP contribution in [0.3, 0.4) is 0 Å². The lowest BCUT2D eigenvalue weighted by atomic mass is 9.98. The summed E-state index contributed by atoms with van der Waals surface area (Å²) in [5, 5.41) is 11.8. The number of halogens is 2. The normalized spacial score (nSPS) is 11.7. The van der Waals surface area contributed by atoms with Crippen molar-refractivity contribution < 1.29 is 9.47 Å². The van der Waals surface area contributed by atoms with Crippen molar-refractivity contribution in [1.82, 2.24) is 19.6 Å². The number of benzene rings is 6. The fourth-order valence-electron chi connectivity index (χ4n) is 7.08. The van der Waals surface area contributed by atoms with Crippen LogP contribution in [0.2, 0.25) is 51.4 Å². The maximum absolute atomic E-state index is 6.05. The second kappa shape index (κ2) is 25.4. The third-order valence-electron chi connectivity index (χ3n) is 11.1. The first kappa shape index (κ1) is 52.2. The molecular formula is C58H64BrIN4O2Si2. The van der Waals surface area contributed by atoms with Crippen molar-refractivity contribution in [2.45, 2.75) is 64.8 Å². The zero-order valence-corrected chi connectivity index (χ0v) is 46.1. The molecule has 0 aliphatic carbocycles. The topological polar surface area (TPSA) is 54.1 Å². The lowest BCUT2D eigenvalue weighted by Gasteiger charge is -2.15. The highest BCUT2D eigenvalue weighted by Crippen LogP contribution is 2.30. The van der Waals surface area contributed by atoms with E-state index >= 15 is 0 Å². The molecule has 2 aromatic heterocycles. The Morgan fingerprint density at radius 2 is 0.941 bits per heavy atom. The van der Waals surface area contributed by atoms with E-state index in [0.717, 1.165) is 89.4 Å². The van der Waals surface area contributed by atoms with E-state index in [2.05, 4.69) is 193 Å². The minimum atomic E-state index is -1.13. The van der Waals surface area contributed by atoms with Crippen LogP contribution in [0.5, 0.6) is 0 Å². The monoisotopic (exact) mass is 1110 g/mol. The lowest BCUT2D eigenvalue weighted by molar-refractivity contribution is 0.0814. The summed E-state index contributed by atoms with van der Waals surface area (Å²) in [7, 11) is -2.21. The molecule has 0 fully saturated rings. The third-order valence-corrected chi connectivity index (χ3v) is 15.6. The van der Waals surface area contributed by atoms with E-state index in [1.165, 1.54) is 11.6 Å². The predicted octanol–water partition coefficient (Wildman–Crippen LogP) is 16.6. The molecule has 2 heterocycles. The van der Waals surface area contributed by atoms with E-state index in [9.17, 15) is 0 Å². The zero-order chi connectivity index (χ0) is 48.5. The molecule has 8 rings (SSSR count). The number of hydrogen-bond acceptors (Lipinski definition) is 4. The summed E-state index contributed by atoms with van der Waals surface area (Å²) in [6, 6.07) is 56.2. The highest BCUT2D eigenvalue weighted by atomic mass is 127. The van der Waals surface area contributed by atoms with Gasteiger partial charge in [0.15, 0.2) is 0 Å². The van der Waals surface area contributed by atoms with Crippen molar-refractivity contribution in [3.8, 4) is 0 Å². The molecule has 0 unspecified atom stereocenters. The Morgan fingerprint density at radius 3 is 1.40 bits per heavy atom. The summed E-state index contributed by atoms with van der Waals surface area (Å²) >= 11 is 5.50. The van der Waals surface area contributed by atoms with Gasteiger partial charge in [-0.05, 0) is 121 Å². The van der Waals surface area contributed by atoms with Crippen molar-refractivity contribution in [3.05, 3.63) is 219 Å². The van der Waals surface area contributed by atoms with E-state index in [1.807, 2.05) is 93.2 Å². The minimum absolute atomic E-state index is 0.446. The Kier molecular flexibility index (Phi) is 19.5. The number of aromatic nitrogens is 4. The van der Waals surface area contributed by atoms with Crippen LogP contribution in [0.1, 0.15) is 39.1 Å². The van der Waals surface area contributed by atoms with Crippen molar-refractivity contribution in [3.63, 3.8) is 0 Å². The van der Waals surface area contributed by atoms with E-state index in [0.29, 0.717) is 13.5 Å². The van der Waals surface area contributed by atoms with E-state index in [1.54, 1.807) is 0 Å². The molecule has 0 radical (unpaired) electrons. The minimum Gasteiger partial charge on any atom is -0.360 e. The lowest BCUT2D eigenvalue weighted by Crippen LogP contribution is -2.22. The quantitative estimate of drug-likeness (QED) is 0.0518. The molecule has 350 valence electrons. The Hall–Kier alpha value is -5.22. The largest absolute Gasteiger partial charge is 0.360 e. The second-order valence-electron chi connectivity index (χ2n) is 19.0. The summed E-state index contributed by atoms with van der Waals surface area (Å²) in [6.07, 6.45) is 6.19. The van der Waals surface area contributed by atoms with Crippen molar-refractivity contribution >= 4 is 106 Å². The smallest absolute Gasteiger partial charge is 0.140 e. The van der Waals surface area contributed by atoms with E-state index < -0.39 is 16.1 Å². The molecule has 10 heteroatoms. The maximum Gasteiger partial charge on any atom is 0.140 e. The molecule has 0 aliphatic heterocycles. The van der Waals surface area contributed by atoms with E-state index in [4.69, 9.17) is 14.6 Å². The molecule has 0 amide bonds. The van der Waals surface area contributed by atoms with Crippen LogP contribution in [-0.4, -0.2) is 48.9 Å². The summed E-state index contributed by atoms with van der Waals surface area (Å²) in [4.78, 5) is 1.85. The van der Waals surface area contributed by atoms with Crippen molar-refractivity contribution in [2.24, 2.45) is 0 Å². The van der Waals surface area contributed by atoms with Crippen LogP contribution < -0.4 is 0 Å². The molecular weight excluding hydrogens is 1050 g/mol. The van der Waals surface area contributed by atoms with Gasteiger partial charge in [-0.2, -0.15) is 10.2 Å². The first-order valence-electron chi connectivity index (χ1n) is 23.1. The average Bonchev–Trinajstić information content (AvgIpc) is 3.86. The third kappa shape index (κ3) is 15.9.